The van der Waals surface area contributed by atoms with Crippen LogP contribution in [0.1, 0.15) is 44.6 Å². The van der Waals surface area contributed by atoms with Crippen molar-refractivity contribution in [2.75, 3.05) is 7.11 Å². The van der Waals surface area contributed by atoms with Crippen LogP contribution < -0.4 is 4.74 Å². The first-order chi connectivity index (χ1) is 9.27. The molecule has 2 nitrogen and oxygen atoms in total. The summed E-state index contributed by atoms with van der Waals surface area (Å²) in [5.74, 6) is 0.703. The monoisotopic (exact) mass is 260 g/mol. The largest absolute Gasteiger partial charge is 0.504 e. The maximum absolute atomic E-state index is 9.49. The average Bonchev–Trinajstić information content (AvgIpc) is 2.43. The number of hydrogen-bond donors (Lipinski definition) is 1. The molecule has 0 atom stereocenters. The van der Waals surface area contributed by atoms with Crippen molar-refractivity contribution in [3.8, 4) is 11.5 Å². The van der Waals surface area contributed by atoms with Crippen LogP contribution in [0.2, 0.25) is 0 Å². The summed E-state index contributed by atoms with van der Waals surface area (Å²) in [6.45, 7) is 2.16. The van der Waals surface area contributed by atoms with Gasteiger partial charge in [-0.05, 0) is 49.8 Å². The van der Waals surface area contributed by atoms with Crippen LogP contribution in [0.5, 0.6) is 11.5 Å². The van der Waals surface area contributed by atoms with Gasteiger partial charge in [-0.15, -0.1) is 0 Å². The third-order valence-electron chi connectivity index (χ3n) is 2.91. The summed E-state index contributed by atoms with van der Waals surface area (Å²) in [5, 5.41) is 9.49. The number of aromatic hydroxyl groups is 1. The van der Waals surface area contributed by atoms with E-state index in [0.29, 0.717) is 5.75 Å². The molecule has 0 unspecified atom stereocenters. The van der Waals surface area contributed by atoms with Gasteiger partial charge < -0.3 is 9.84 Å². The van der Waals surface area contributed by atoms with Crippen molar-refractivity contribution in [1.29, 1.82) is 0 Å². The zero-order chi connectivity index (χ0) is 13.9. The summed E-state index contributed by atoms with van der Waals surface area (Å²) in [6.07, 6.45) is 14.6. The lowest BCUT2D eigenvalue weighted by Crippen LogP contribution is -1.84. The lowest BCUT2D eigenvalue weighted by Gasteiger charge is -2.03. The van der Waals surface area contributed by atoms with Crippen molar-refractivity contribution >= 4 is 6.08 Å². The number of ether oxygens (including phenoxy) is 1. The van der Waals surface area contributed by atoms with E-state index in [1.807, 2.05) is 12.1 Å². The zero-order valence-corrected chi connectivity index (χ0v) is 11.9. The maximum atomic E-state index is 9.49. The van der Waals surface area contributed by atoms with E-state index in [2.05, 4.69) is 31.2 Å². The van der Waals surface area contributed by atoms with E-state index in [1.54, 1.807) is 13.2 Å². The molecule has 0 aliphatic carbocycles. The fourth-order valence-corrected chi connectivity index (χ4v) is 1.83. The predicted octanol–water partition coefficient (Wildman–Crippen LogP) is 4.94. The van der Waals surface area contributed by atoms with Gasteiger partial charge in [-0.1, -0.05) is 37.3 Å². The van der Waals surface area contributed by atoms with Crippen molar-refractivity contribution in [2.24, 2.45) is 0 Å². The molecule has 0 spiro atoms. The number of allylic oxidation sites excluding steroid dienone is 3. The molecule has 19 heavy (non-hydrogen) atoms. The van der Waals surface area contributed by atoms with E-state index < -0.39 is 0 Å². The number of methoxy groups -OCH3 is 1. The fourth-order valence-electron chi connectivity index (χ4n) is 1.83. The first-order valence-electron chi connectivity index (χ1n) is 6.96. The summed E-state index contributed by atoms with van der Waals surface area (Å²) >= 11 is 0. The third-order valence-corrected chi connectivity index (χ3v) is 2.91. The number of phenolic OH excluding ortho intramolecular Hbond substituents is 1. The molecular weight excluding hydrogens is 236 g/mol. The first kappa shape index (κ1) is 15.4. The Bertz CT molecular complexity index is 419. The SMILES string of the molecule is CCC=CCCCCC=Cc1ccc(O)c(OC)c1. The molecule has 0 fully saturated rings. The Hall–Kier alpha value is -1.70. The highest BCUT2D eigenvalue weighted by Gasteiger charge is 1.99. The number of unbranched alkanes of at least 4 members (excludes halogenated alkanes) is 3. The molecule has 1 aromatic carbocycles. The Morgan fingerprint density at radius 1 is 1.11 bits per heavy atom. The Morgan fingerprint density at radius 3 is 2.53 bits per heavy atom. The molecule has 0 heterocycles. The Balaban J connectivity index is 2.30. The van der Waals surface area contributed by atoms with Gasteiger partial charge in [0.05, 0.1) is 7.11 Å². The molecule has 0 aromatic heterocycles. The summed E-state index contributed by atoms with van der Waals surface area (Å²) < 4.78 is 5.08. The molecule has 1 rings (SSSR count). The van der Waals surface area contributed by atoms with E-state index in [1.165, 1.54) is 19.3 Å². The molecule has 0 aliphatic rings. The van der Waals surface area contributed by atoms with E-state index in [9.17, 15) is 5.11 Å². The van der Waals surface area contributed by atoms with Crippen molar-refractivity contribution in [1.82, 2.24) is 0 Å². The van der Waals surface area contributed by atoms with E-state index in [-0.39, 0.29) is 5.75 Å². The Kier molecular flexibility index (Phi) is 7.48. The van der Waals surface area contributed by atoms with Crippen LogP contribution in [0.4, 0.5) is 0 Å². The topological polar surface area (TPSA) is 29.5 Å². The molecule has 1 aromatic rings. The minimum atomic E-state index is 0.183. The van der Waals surface area contributed by atoms with Crippen molar-refractivity contribution in [3.63, 3.8) is 0 Å². The van der Waals surface area contributed by atoms with Gasteiger partial charge in [0.25, 0.3) is 0 Å². The lowest BCUT2D eigenvalue weighted by molar-refractivity contribution is 0.373. The summed E-state index contributed by atoms with van der Waals surface area (Å²) in [7, 11) is 1.56. The molecule has 0 radical (unpaired) electrons. The maximum Gasteiger partial charge on any atom is 0.161 e. The number of rotatable bonds is 8. The summed E-state index contributed by atoms with van der Waals surface area (Å²) in [6, 6.07) is 5.39. The molecule has 0 amide bonds. The number of hydrogen-bond acceptors (Lipinski definition) is 2. The van der Waals surface area contributed by atoms with Crippen LogP contribution in [0.25, 0.3) is 6.08 Å². The Labute approximate surface area is 116 Å². The van der Waals surface area contributed by atoms with Crippen molar-refractivity contribution in [3.05, 3.63) is 42.0 Å². The summed E-state index contributed by atoms with van der Waals surface area (Å²) in [5.41, 5.74) is 1.06. The molecule has 0 aliphatic heterocycles. The van der Waals surface area contributed by atoms with Gasteiger partial charge in [-0.3, -0.25) is 0 Å². The normalized spacial score (nSPS) is 11.5. The van der Waals surface area contributed by atoms with Gasteiger partial charge in [-0.2, -0.15) is 0 Å². The molecule has 0 saturated heterocycles. The van der Waals surface area contributed by atoms with Gasteiger partial charge in [0.2, 0.25) is 0 Å². The van der Waals surface area contributed by atoms with Gasteiger partial charge >= 0.3 is 0 Å². The van der Waals surface area contributed by atoms with Gasteiger partial charge in [-0.25, -0.2) is 0 Å². The van der Waals surface area contributed by atoms with E-state index in [0.717, 1.165) is 18.4 Å². The van der Waals surface area contributed by atoms with Gasteiger partial charge in [0.15, 0.2) is 11.5 Å². The second-order valence-electron chi connectivity index (χ2n) is 4.50. The average molecular weight is 260 g/mol. The van der Waals surface area contributed by atoms with Crippen LogP contribution in [0.3, 0.4) is 0 Å². The second-order valence-corrected chi connectivity index (χ2v) is 4.50. The van der Waals surface area contributed by atoms with Gasteiger partial charge in [0.1, 0.15) is 0 Å². The third kappa shape index (κ3) is 6.14. The summed E-state index contributed by atoms with van der Waals surface area (Å²) in [4.78, 5) is 0. The van der Waals surface area contributed by atoms with Crippen molar-refractivity contribution in [2.45, 2.75) is 39.0 Å². The highest BCUT2D eigenvalue weighted by Crippen LogP contribution is 2.26. The lowest BCUT2D eigenvalue weighted by atomic mass is 10.1. The van der Waals surface area contributed by atoms with E-state index >= 15 is 0 Å². The molecule has 1 N–H and O–H groups in total. The van der Waals surface area contributed by atoms with E-state index in [4.69, 9.17) is 4.74 Å². The molecule has 0 bridgehead atoms. The molecular formula is C17H24O2. The van der Waals surface area contributed by atoms with Crippen LogP contribution in [0.15, 0.2) is 36.4 Å². The first-order valence-corrected chi connectivity index (χ1v) is 6.96. The van der Waals surface area contributed by atoms with Gasteiger partial charge in [0, 0.05) is 0 Å². The standard InChI is InChI=1S/C17H24O2/c1-3-4-5-6-7-8-9-10-11-15-12-13-16(18)17(14-15)19-2/h4-5,10-14,18H,3,6-9H2,1-2H3. The minimum absolute atomic E-state index is 0.183. The Morgan fingerprint density at radius 2 is 1.84 bits per heavy atom. The minimum Gasteiger partial charge on any atom is -0.504 e. The zero-order valence-electron chi connectivity index (χ0n) is 11.9. The van der Waals surface area contributed by atoms with Crippen molar-refractivity contribution < 1.29 is 9.84 Å². The van der Waals surface area contributed by atoms with Crippen LogP contribution in [0, 0.1) is 0 Å². The van der Waals surface area contributed by atoms with Crippen LogP contribution in [-0.4, -0.2) is 12.2 Å². The molecule has 0 saturated carbocycles. The quantitative estimate of drug-likeness (QED) is 0.530. The second kappa shape index (κ2) is 9.26. The fraction of sp³-hybridized carbons (Fsp3) is 0.412. The number of phenols is 1. The number of benzene rings is 1. The molecule has 2 heteroatoms. The predicted molar refractivity (Wildman–Crippen MR) is 81.6 cm³/mol. The molecule has 104 valence electrons. The van der Waals surface area contributed by atoms with Crippen LogP contribution in [-0.2, 0) is 0 Å². The smallest absolute Gasteiger partial charge is 0.161 e. The highest BCUT2D eigenvalue weighted by atomic mass is 16.5. The highest BCUT2D eigenvalue weighted by molar-refractivity contribution is 5.55. The van der Waals surface area contributed by atoms with Crippen LogP contribution >= 0.6 is 0 Å².